The second-order valence-electron chi connectivity index (χ2n) is 5.34. The Morgan fingerprint density at radius 1 is 1.41 bits per heavy atom. The molecule has 1 aliphatic rings. The molecule has 1 fully saturated rings. The molecular formula is C13H16N2O2. The number of nitrogens with two attached hydrogens (primary N) is 1. The van der Waals surface area contributed by atoms with E-state index in [1.807, 2.05) is 6.07 Å². The Morgan fingerprint density at radius 3 is 2.71 bits per heavy atom. The molecule has 1 heterocycles. The van der Waals surface area contributed by atoms with Crippen molar-refractivity contribution in [3.05, 3.63) is 23.4 Å². The molecule has 0 aliphatic heterocycles. The Balaban J connectivity index is 2.23. The van der Waals surface area contributed by atoms with E-state index in [0.29, 0.717) is 17.2 Å². The standard InChI is InChI=1S/C13H16N2O2/c1-13(2,16)9-5-8-11(6-10(9)14)17-15-12(8)7-3-4-7/h5-7,16H,3-4,14H2,1-2H3. The molecule has 1 saturated carbocycles. The Hall–Kier alpha value is -1.55. The SMILES string of the molecule is CC(C)(O)c1cc2c(C3CC3)noc2cc1N. The Labute approximate surface area is 99.4 Å². The molecule has 0 bridgehead atoms. The van der Waals surface area contributed by atoms with Gasteiger partial charge in [-0.15, -0.1) is 0 Å². The summed E-state index contributed by atoms with van der Waals surface area (Å²) < 4.78 is 5.29. The molecule has 4 heteroatoms. The Morgan fingerprint density at radius 2 is 2.12 bits per heavy atom. The van der Waals surface area contributed by atoms with Gasteiger partial charge in [-0.05, 0) is 32.8 Å². The predicted octanol–water partition coefficient (Wildman–Crippen LogP) is 2.51. The van der Waals surface area contributed by atoms with Gasteiger partial charge in [0.15, 0.2) is 5.58 Å². The van der Waals surface area contributed by atoms with Crippen LogP contribution in [-0.2, 0) is 5.60 Å². The van der Waals surface area contributed by atoms with Crippen molar-refractivity contribution in [2.24, 2.45) is 0 Å². The number of aromatic nitrogens is 1. The lowest BCUT2D eigenvalue weighted by atomic mass is 9.94. The van der Waals surface area contributed by atoms with E-state index in [4.69, 9.17) is 10.3 Å². The summed E-state index contributed by atoms with van der Waals surface area (Å²) in [4.78, 5) is 0. The number of rotatable bonds is 2. The smallest absolute Gasteiger partial charge is 0.169 e. The van der Waals surface area contributed by atoms with Crippen LogP contribution in [0.5, 0.6) is 0 Å². The van der Waals surface area contributed by atoms with E-state index in [2.05, 4.69) is 5.16 Å². The molecule has 0 saturated heterocycles. The highest BCUT2D eigenvalue weighted by Gasteiger charge is 2.30. The van der Waals surface area contributed by atoms with Gasteiger partial charge in [0.1, 0.15) is 0 Å². The summed E-state index contributed by atoms with van der Waals surface area (Å²) in [6.45, 7) is 3.46. The van der Waals surface area contributed by atoms with E-state index in [1.165, 1.54) is 12.8 Å². The fourth-order valence-corrected chi connectivity index (χ4v) is 2.20. The summed E-state index contributed by atoms with van der Waals surface area (Å²) in [5, 5.41) is 15.2. The lowest BCUT2D eigenvalue weighted by Gasteiger charge is -2.19. The lowest BCUT2D eigenvalue weighted by molar-refractivity contribution is 0.0795. The van der Waals surface area contributed by atoms with Gasteiger partial charge in [-0.3, -0.25) is 0 Å². The number of fused-ring (bicyclic) bond motifs is 1. The summed E-state index contributed by atoms with van der Waals surface area (Å²) >= 11 is 0. The molecule has 0 unspecified atom stereocenters. The van der Waals surface area contributed by atoms with Crippen LogP contribution in [0.4, 0.5) is 5.69 Å². The van der Waals surface area contributed by atoms with Gasteiger partial charge in [-0.25, -0.2) is 0 Å². The fraction of sp³-hybridized carbons (Fsp3) is 0.462. The van der Waals surface area contributed by atoms with E-state index in [0.717, 1.165) is 16.6 Å². The maximum absolute atomic E-state index is 10.1. The summed E-state index contributed by atoms with van der Waals surface area (Å²) in [6.07, 6.45) is 2.34. The third-order valence-corrected chi connectivity index (χ3v) is 3.29. The quantitative estimate of drug-likeness (QED) is 0.780. The van der Waals surface area contributed by atoms with Crippen molar-refractivity contribution in [3.63, 3.8) is 0 Å². The van der Waals surface area contributed by atoms with Gasteiger partial charge < -0.3 is 15.4 Å². The number of hydrogen-bond donors (Lipinski definition) is 2. The number of nitrogen functional groups attached to an aromatic ring is 1. The third kappa shape index (κ3) is 1.69. The van der Waals surface area contributed by atoms with Crippen LogP contribution in [0.3, 0.4) is 0 Å². The molecule has 3 rings (SSSR count). The number of benzene rings is 1. The highest BCUT2D eigenvalue weighted by molar-refractivity contribution is 5.85. The number of nitrogens with zero attached hydrogens (tertiary/aromatic N) is 1. The molecule has 3 N–H and O–H groups in total. The maximum Gasteiger partial charge on any atom is 0.169 e. The molecule has 0 spiro atoms. The molecule has 1 aromatic heterocycles. The molecule has 0 atom stereocenters. The zero-order chi connectivity index (χ0) is 12.2. The van der Waals surface area contributed by atoms with Crippen molar-refractivity contribution in [1.82, 2.24) is 5.16 Å². The van der Waals surface area contributed by atoms with Crippen molar-refractivity contribution in [3.8, 4) is 0 Å². The zero-order valence-corrected chi connectivity index (χ0v) is 10.0. The fourth-order valence-electron chi connectivity index (χ4n) is 2.20. The topological polar surface area (TPSA) is 72.3 Å². The largest absolute Gasteiger partial charge is 0.398 e. The van der Waals surface area contributed by atoms with E-state index >= 15 is 0 Å². The minimum Gasteiger partial charge on any atom is -0.398 e. The van der Waals surface area contributed by atoms with Crippen LogP contribution in [-0.4, -0.2) is 10.3 Å². The molecule has 17 heavy (non-hydrogen) atoms. The van der Waals surface area contributed by atoms with Gasteiger partial charge in [0, 0.05) is 28.6 Å². The van der Waals surface area contributed by atoms with Gasteiger partial charge >= 0.3 is 0 Å². The molecule has 4 nitrogen and oxygen atoms in total. The van der Waals surface area contributed by atoms with Gasteiger partial charge in [-0.1, -0.05) is 5.16 Å². The minimum atomic E-state index is -0.948. The molecule has 0 amide bonds. The van der Waals surface area contributed by atoms with E-state index in [9.17, 15) is 5.11 Å². The Bertz CT molecular complexity index is 577. The van der Waals surface area contributed by atoms with Crippen molar-refractivity contribution in [1.29, 1.82) is 0 Å². The first-order valence-electron chi connectivity index (χ1n) is 5.88. The van der Waals surface area contributed by atoms with E-state index < -0.39 is 5.60 Å². The van der Waals surface area contributed by atoms with Gasteiger partial charge in [-0.2, -0.15) is 0 Å². The van der Waals surface area contributed by atoms with Crippen LogP contribution < -0.4 is 5.73 Å². The average Bonchev–Trinajstić information content (AvgIpc) is 2.97. The first-order valence-corrected chi connectivity index (χ1v) is 5.88. The highest BCUT2D eigenvalue weighted by atomic mass is 16.5. The van der Waals surface area contributed by atoms with Crippen LogP contribution >= 0.6 is 0 Å². The molecule has 1 aromatic carbocycles. The minimum absolute atomic E-state index is 0.523. The normalized spacial score (nSPS) is 16.6. The molecule has 90 valence electrons. The summed E-state index contributed by atoms with van der Waals surface area (Å²) in [6, 6.07) is 3.66. The maximum atomic E-state index is 10.1. The average molecular weight is 232 g/mol. The highest BCUT2D eigenvalue weighted by Crippen LogP contribution is 2.43. The van der Waals surface area contributed by atoms with Crippen LogP contribution in [0.15, 0.2) is 16.7 Å². The first-order chi connectivity index (χ1) is 7.97. The van der Waals surface area contributed by atoms with Gasteiger partial charge in [0.05, 0.1) is 11.3 Å². The number of hydrogen-bond acceptors (Lipinski definition) is 4. The van der Waals surface area contributed by atoms with Crippen LogP contribution in [0.2, 0.25) is 0 Å². The third-order valence-electron chi connectivity index (χ3n) is 3.29. The number of anilines is 1. The van der Waals surface area contributed by atoms with Crippen LogP contribution in [0.25, 0.3) is 11.0 Å². The summed E-state index contributed by atoms with van der Waals surface area (Å²) in [5.41, 5.74) is 7.97. The molecule has 0 radical (unpaired) electrons. The summed E-state index contributed by atoms with van der Waals surface area (Å²) in [5.74, 6) is 0.523. The molecule has 1 aliphatic carbocycles. The van der Waals surface area contributed by atoms with Crippen molar-refractivity contribution in [2.45, 2.75) is 38.2 Å². The monoisotopic (exact) mass is 232 g/mol. The van der Waals surface area contributed by atoms with Gasteiger partial charge in [0.25, 0.3) is 0 Å². The second-order valence-corrected chi connectivity index (χ2v) is 5.34. The van der Waals surface area contributed by atoms with Crippen LogP contribution in [0.1, 0.15) is 43.9 Å². The van der Waals surface area contributed by atoms with E-state index in [1.54, 1.807) is 19.9 Å². The first kappa shape index (κ1) is 10.6. The van der Waals surface area contributed by atoms with Gasteiger partial charge in [0.2, 0.25) is 0 Å². The van der Waals surface area contributed by atoms with Crippen molar-refractivity contribution in [2.75, 3.05) is 5.73 Å². The lowest BCUT2D eigenvalue weighted by Crippen LogP contribution is -2.17. The predicted molar refractivity (Wildman–Crippen MR) is 65.6 cm³/mol. The number of aliphatic hydroxyl groups is 1. The zero-order valence-electron chi connectivity index (χ0n) is 10.0. The molecule has 2 aromatic rings. The van der Waals surface area contributed by atoms with Crippen LogP contribution in [0, 0.1) is 0 Å². The summed E-state index contributed by atoms with van der Waals surface area (Å²) in [7, 11) is 0. The molecular weight excluding hydrogens is 216 g/mol. The Kier molecular flexibility index (Phi) is 2.01. The second kappa shape index (κ2) is 3.23. The van der Waals surface area contributed by atoms with Crippen molar-refractivity contribution >= 4 is 16.7 Å². The van der Waals surface area contributed by atoms with E-state index in [-0.39, 0.29) is 0 Å². The van der Waals surface area contributed by atoms with Crippen molar-refractivity contribution < 1.29 is 9.63 Å².